The number of ether oxygens (including phenoxy) is 1. The van der Waals surface area contributed by atoms with Crippen molar-refractivity contribution in [2.75, 3.05) is 41.3 Å². The van der Waals surface area contributed by atoms with Crippen LogP contribution in [0.15, 0.2) is 59.5 Å². The lowest BCUT2D eigenvalue weighted by molar-refractivity contribution is -0.146. The van der Waals surface area contributed by atoms with Gasteiger partial charge in [-0.15, -0.1) is 11.8 Å². The second-order valence-electron chi connectivity index (χ2n) is 15.9. The van der Waals surface area contributed by atoms with Crippen molar-refractivity contribution >= 4 is 35.4 Å². The number of likely N-dealkylation sites (N-methyl/N-ethyl adjacent to an activating group) is 2. The highest BCUT2D eigenvalue weighted by molar-refractivity contribution is 8.00. The van der Waals surface area contributed by atoms with Crippen LogP contribution in [0.3, 0.4) is 0 Å². The predicted octanol–water partition coefficient (Wildman–Crippen LogP) is 5.60. The first-order valence-electron chi connectivity index (χ1n) is 19.9. The van der Waals surface area contributed by atoms with Crippen LogP contribution < -0.4 is 10.6 Å². The van der Waals surface area contributed by atoms with Crippen molar-refractivity contribution in [2.45, 2.75) is 120 Å². The van der Waals surface area contributed by atoms with Crippen LogP contribution >= 0.6 is 11.8 Å². The van der Waals surface area contributed by atoms with Crippen LogP contribution in [0.1, 0.15) is 79.2 Å². The summed E-state index contributed by atoms with van der Waals surface area (Å²) in [5, 5.41) is 15.8. The van der Waals surface area contributed by atoms with E-state index in [1.807, 2.05) is 94.1 Å². The van der Waals surface area contributed by atoms with Gasteiger partial charge in [0.1, 0.15) is 11.8 Å². The maximum Gasteiger partial charge on any atom is 0.245 e. The number of likely N-dealkylation sites (tertiary alicyclic amines) is 1. The number of nitrogens with zero attached hydrogens (tertiary/aromatic N) is 3. The van der Waals surface area contributed by atoms with Gasteiger partial charge < -0.3 is 30.3 Å². The lowest BCUT2D eigenvalue weighted by Gasteiger charge is -2.41. The molecular formula is C43H67N5O6S. The Morgan fingerprint density at radius 3 is 2.16 bits per heavy atom. The third kappa shape index (κ3) is 13.2. The molecule has 1 heterocycles. The van der Waals surface area contributed by atoms with E-state index in [1.54, 1.807) is 43.0 Å². The zero-order chi connectivity index (χ0) is 40.8. The van der Waals surface area contributed by atoms with Crippen LogP contribution in [0, 0.1) is 17.8 Å². The molecule has 0 saturated carbocycles. The Balaban J connectivity index is 1.82. The summed E-state index contributed by atoms with van der Waals surface area (Å²) in [5.41, 5.74) is 1.15. The summed E-state index contributed by atoms with van der Waals surface area (Å²) in [6.07, 6.45) is 2.73. The molecule has 11 nitrogen and oxygen atoms in total. The number of hydrogen-bond donors (Lipinski definition) is 3. The molecule has 1 aliphatic heterocycles. The number of benzene rings is 2. The second kappa shape index (κ2) is 22.2. The molecule has 2 aromatic rings. The van der Waals surface area contributed by atoms with Crippen molar-refractivity contribution in [1.82, 2.24) is 25.3 Å². The summed E-state index contributed by atoms with van der Waals surface area (Å²) in [6.45, 7) is 13.0. The van der Waals surface area contributed by atoms with Gasteiger partial charge in [0.2, 0.25) is 23.6 Å². The van der Waals surface area contributed by atoms with E-state index in [9.17, 15) is 24.3 Å². The minimum absolute atomic E-state index is 0.00726. The van der Waals surface area contributed by atoms with Crippen molar-refractivity contribution in [2.24, 2.45) is 17.8 Å². The van der Waals surface area contributed by atoms with E-state index in [-0.39, 0.29) is 77.3 Å². The van der Waals surface area contributed by atoms with Crippen LogP contribution in [-0.4, -0.2) is 120 Å². The van der Waals surface area contributed by atoms with Gasteiger partial charge in [-0.2, -0.15) is 0 Å². The van der Waals surface area contributed by atoms with Crippen LogP contribution in [0.25, 0.3) is 0 Å². The Hall–Kier alpha value is -3.61. The Morgan fingerprint density at radius 2 is 1.60 bits per heavy atom. The Bertz CT molecular complexity index is 1500. The van der Waals surface area contributed by atoms with Crippen molar-refractivity contribution in [3.63, 3.8) is 0 Å². The molecule has 1 saturated heterocycles. The molecule has 0 aliphatic carbocycles. The second-order valence-corrected chi connectivity index (χ2v) is 17.2. The average Bonchev–Trinajstić information content (AvgIpc) is 3.64. The number of amides is 4. The van der Waals surface area contributed by atoms with E-state index in [1.165, 1.54) is 0 Å². The molecule has 3 N–H and O–H groups in total. The molecule has 1 aliphatic rings. The smallest absolute Gasteiger partial charge is 0.245 e. The maximum atomic E-state index is 14.4. The number of thioether (sulfide) groups is 1. The van der Waals surface area contributed by atoms with Crippen molar-refractivity contribution in [1.29, 1.82) is 0 Å². The Kier molecular flexibility index (Phi) is 18.5. The normalized spacial score (nSPS) is 17.8. The molecule has 7 atom stereocenters. The minimum atomic E-state index is -0.752. The molecule has 0 aromatic heterocycles. The largest absolute Gasteiger partial charge is 0.508 e. The molecule has 1 fully saturated rings. The average molecular weight is 782 g/mol. The van der Waals surface area contributed by atoms with E-state index in [4.69, 9.17) is 4.74 Å². The van der Waals surface area contributed by atoms with Gasteiger partial charge in [0.25, 0.3) is 0 Å². The zero-order valence-electron chi connectivity index (χ0n) is 34.8. The third-order valence-corrected chi connectivity index (χ3v) is 12.2. The number of carbonyl (C=O) groups excluding carboxylic acids is 4. The summed E-state index contributed by atoms with van der Waals surface area (Å²) in [5.74, 6) is -0.521. The monoisotopic (exact) mass is 781 g/mol. The summed E-state index contributed by atoms with van der Waals surface area (Å²) in [6, 6.07) is 15.2. The summed E-state index contributed by atoms with van der Waals surface area (Å²) in [7, 11) is 7.07. The fourth-order valence-corrected chi connectivity index (χ4v) is 9.13. The van der Waals surface area contributed by atoms with Gasteiger partial charge in [-0.05, 0) is 80.9 Å². The first-order chi connectivity index (χ1) is 26.1. The molecule has 0 radical (unpaired) electrons. The molecule has 12 heteroatoms. The van der Waals surface area contributed by atoms with E-state index >= 15 is 0 Å². The highest BCUT2D eigenvalue weighted by Gasteiger charge is 2.41. The van der Waals surface area contributed by atoms with Crippen LogP contribution in [0.5, 0.6) is 5.75 Å². The molecule has 3 rings (SSSR count). The number of rotatable bonds is 21. The van der Waals surface area contributed by atoms with E-state index in [2.05, 4.69) is 24.5 Å². The SMILES string of the molecule is CCC(C)C(C(CC(=O)N1CCCC1C(CC(=O)NCCc1ccccc1)Sc1ccc(O)cc1)OC)N(C)C(=O)C(NC(=O)C(C(C)C)N(C)C)C(C)C. The summed E-state index contributed by atoms with van der Waals surface area (Å²) >= 11 is 1.55. The molecule has 7 unspecified atom stereocenters. The number of carbonyl (C=O) groups is 4. The van der Waals surface area contributed by atoms with Crippen molar-refractivity contribution in [3.05, 3.63) is 60.2 Å². The van der Waals surface area contributed by atoms with Gasteiger partial charge in [0, 0.05) is 49.9 Å². The van der Waals surface area contributed by atoms with E-state index in [0.29, 0.717) is 13.1 Å². The molecule has 0 spiro atoms. The zero-order valence-corrected chi connectivity index (χ0v) is 35.6. The molecular weight excluding hydrogens is 715 g/mol. The topological polar surface area (TPSA) is 132 Å². The highest BCUT2D eigenvalue weighted by atomic mass is 32.2. The third-order valence-electron chi connectivity index (χ3n) is 10.9. The lowest BCUT2D eigenvalue weighted by atomic mass is 9.89. The first-order valence-corrected chi connectivity index (χ1v) is 20.8. The number of phenolic OH excluding ortho intramolecular Hbond substituents is 1. The molecule has 55 heavy (non-hydrogen) atoms. The molecule has 2 aromatic carbocycles. The summed E-state index contributed by atoms with van der Waals surface area (Å²) < 4.78 is 6.08. The van der Waals surface area contributed by atoms with E-state index < -0.39 is 18.2 Å². The van der Waals surface area contributed by atoms with Gasteiger partial charge >= 0.3 is 0 Å². The minimum Gasteiger partial charge on any atom is -0.508 e. The lowest BCUT2D eigenvalue weighted by Crippen LogP contribution is -2.59. The maximum absolute atomic E-state index is 14.4. The molecule has 4 amide bonds. The standard InChI is InChI=1S/C43H67N5O6S/c1-11-30(6)41(47(9)43(53)39(28(2)3)45-42(52)40(29(4)5)46(7)8)35(54-10)26-38(51)48-25-15-18-34(48)36(55-33-21-19-32(49)20-22-33)27-37(50)44-24-23-31-16-13-12-14-17-31/h12-14,16-17,19-22,28-30,34-36,39-41,49H,11,15,18,23-27H2,1-10H3,(H,44,50)(H,45,52). The Labute approximate surface area is 334 Å². The van der Waals surface area contributed by atoms with Crippen molar-refractivity contribution in [3.8, 4) is 5.75 Å². The van der Waals surface area contributed by atoms with Crippen LogP contribution in [-0.2, 0) is 30.3 Å². The first kappa shape index (κ1) is 45.8. The number of methoxy groups -OCH3 is 1. The number of nitrogens with one attached hydrogen (secondary N) is 2. The van der Waals surface area contributed by atoms with Gasteiger partial charge in [0.05, 0.1) is 24.6 Å². The summed E-state index contributed by atoms with van der Waals surface area (Å²) in [4.78, 5) is 61.9. The number of phenols is 1. The fourth-order valence-electron chi connectivity index (χ4n) is 7.81. The van der Waals surface area contributed by atoms with Gasteiger partial charge in [-0.3, -0.25) is 24.1 Å². The number of aromatic hydroxyl groups is 1. The van der Waals surface area contributed by atoms with E-state index in [0.717, 1.165) is 36.1 Å². The predicted molar refractivity (Wildman–Crippen MR) is 221 cm³/mol. The van der Waals surface area contributed by atoms with Crippen molar-refractivity contribution < 1.29 is 29.0 Å². The van der Waals surface area contributed by atoms with Crippen LogP contribution in [0.2, 0.25) is 0 Å². The molecule has 0 bridgehead atoms. The van der Waals surface area contributed by atoms with Crippen LogP contribution in [0.4, 0.5) is 0 Å². The Morgan fingerprint density at radius 1 is 0.945 bits per heavy atom. The molecule has 306 valence electrons. The van der Waals surface area contributed by atoms with Gasteiger partial charge in [-0.25, -0.2) is 0 Å². The van der Waals surface area contributed by atoms with Gasteiger partial charge in [-0.1, -0.05) is 78.3 Å². The quantitative estimate of drug-likeness (QED) is 0.140. The number of hydrogen-bond acceptors (Lipinski definition) is 8. The fraction of sp³-hybridized carbons (Fsp3) is 0.628. The van der Waals surface area contributed by atoms with Gasteiger partial charge in [0.15, 0.2) is 0 Å². The highest BCUT2D eigenvalue weighted by Crippen LogP contribution is 2.36.